The molecule has 0 aliphatic carbocycles. The number of rotatable bonds is 4. The Balaban J connectivity index is 2.18. The summed E-state index contributed by atoms with van der Waals surface area (Å²) in [5, 5.41) is 10.1. The van der Waals surface area contributed by atoms with Gasteiger partial charge in [0.05, 0.1) is 0 Å². The van der Waals surface area contributed by atoms with Gasteiger partial charge in [0.1, 0.15) is 11.0 Å². The van der Waals surface area contributed by atoms with Gasteiger partial charge in [0.25, 0.3) is 5.91 Å². The number of carbonyl (C=O) groups excluding carboxylic acids is 1. The molecule has 6 nitrogen and oxygen atoms in total. The van der Waals surface area contributed by atoms with E-state index in [1.54, 1.807) is 30.1 Å². The highest BCUT2D eigenvalue weighted by Gasteiger charge is 2.10. The zero-order valence-corrected chi connectivity index (χ0v) is 11.4. The molecule has 0 spiro atoms. The number of halogens is 1. The maximum absolute atomic E-state index is 12.1. The second kappa shape index (κ2) is 5.71. The summed E-state index contributed by atoms with van der Waals surface area (Å²) in [6.07, 6.45) is 1.75. The highest BCUT2D eigenvalue weighted by atomic mass is 35.5. The number of nitrogens with zero attached hydrogens (tertiary/aromatic N) is 3. The number of carbonyl (C=O) groups is 1. The first-order valence-electron chi connectivity index (χ1n) is 5.81. The SMILES string of the molecule is CCNc1cc(C(=O)Nc2ccn(C)n2)cc(Cl)n1. The van der Waals surface area contributed by atoms with E-state index in [0.29, 0.717) is 23.7 Å². The van der Waals surface area contributed by atoms with E-state index in [4.69, 9.17) is 11.6 Å². The summed E-state index contributed by atoms with van der Waals surface area (Å²) in [5.41, 5.74) is 0.432. The number of amides is 1. The topological polar surface area (TPSA) is 71.8 Å². The van der Waals surface area contributed by atoms with E-state index in [1.807, 2.05) is 6.92 Å². The first-order chi connectivity index (χ1) is 9.08. The van der Waals surface area contributed by atoms with Crippen molar-refractivity contribution in [1.29, 1.82) is 0 Å². The molecule has 0 unspecified atom stereocenters. The van der Waals surface area contributed by atoms with Gasteiger partial charge in [-0.15, -0.1) is 0 Å². The van der Waals surface area contributed by atoms with Gasteiger partial charge in [-0.1, -0.05) is 11.6 Å². The Labute approximate surface area is 115 Å². The molecule has 0 bridgehead atoms. The van der Waals surface area contributed by atoms with Gasteiger partial charge in [-0.3, -0.25) is 9.48 Å². The molecular formula is C12H14ClN5O. The molecule has 7 heteroatoms. The van der Waals surface area contributed by atoms with Crippen LogP contribution < -0.4 is 10.6 Å². The number of nitrogens with one attached hydrogen (secondary N) is 2. The molecule has 0 fully saturated rings. The Kier molecular flexibility index (Phi) is 4.01. The van der Waals surface area contributed by atoms with Gasteiger partial charge in [-0.2, -0.15) is 5.10 Å². The summed E-state index contributed by atoms with van der Waals surface area (Å²) in [6, 6.07) is 4.88. The molecule has 2 N–H and O–H groups in total. The molecular weight excluding hydrogens is 266 g/mol. The van der Waals surface area contributed by atoms with Crippen LogP contribution in [0.4, 0.5) is 11.6 Å². The van der Waals surface area contributed by atoms with E-state index < -0.39 is 0 Å². The Morgan fingerprint density at radius 2 is 2.21 bits per heavy atom. The lowest BCUT2D eigenvalue weighted by atomic mass is 10.2. The van der Waals surface area contributed by atoms with Crippen LogP contribution in [-0.4, -0.2) is 27.2 Å². The highest BCUT2D eigenvalue weighted by molar-refractivity contribution is 6.30. The fourth-order valence-electron chi connectivity index (χ4n) is 1.57. The second-order valence-corrected chi connectivity index (χ2v) is 4.31. The molecule has 0 radical (unpaired) electrons. The first kappa shape index (κ1) is 13.4. The van der Waals surface area contributed by atoms with Gasteiger partial charge in [0.15, 0.2) is 5.82 Å². The summed E-state index contributed by atoms with van der Waals surface area (Å²) in [6.45, 7) is 2.64. The van der Waals surface area contributed by atoms with E-state index in [0.717, 1.165) is 0 Å². The van der Waals surface area contributed by atoms with Crippen molar-refractivity contribution < 1.29 is 4.79 Å². The van der Waals surface area contributed by atoms with E-state index in [9.17, 15) is 4.79 Å². The predicted octanol–water partition coefficient (Wildman–Crippen LogP) is 2.15. The minimum absolute atomic E-state index is 0.268. The molecule has 2 rings (SSSR count). The average molecular weight is 280 g/mol. The van der Waals surface area contributed by atoms with Crippen LogP contribution >= 0.6 is 11.6 Å². The molecule has 0 aromatic carbocycles. The molecule has 0 aliphatic rings. The number of aromatic nitrogens is 3. The average Bonchev–Trinajstić information content (AvgIpc) is 2.74. The smallest absolute Gasteiger partial charge is 0.257 e. The van der Waals surface area contributed by atoms with Crippen LogP contribution in [-0.2, 0) is 7.05 Å². The summed E-state index contributed by atoms with van der Waals surface area (Å²) >= 11 is 5.89. The fourth-order valence-corrected chi connectivity index (χ4v) is 1.78. The van der Waals surface area contributed by atoms with E-state index in [-0.39, 0.29) is 11.1 Å². The Hall–Kier alpha value is -2.08. The second-order valence-electron chi connectivity index (χ2n) is 3.92. The van der Waals surface area contributed by atoms with Crippen LogP contribution in [0.1, 0.15) is 17.3 Å². The number of hydrogen-bond donors (Lipinski definition) is 2. The van der Waals surface area contributed by atoms with Crippen LogP contribution in [0.25, 0.3) is 0 Å². The van der Waals surface area contributed by atoms with Crippen molar-refractivity contribution in [2.75, 3.05) is 17.2 Å². The van der Waals surface area contributed by atoms with Crippen LogP contribution in [0.2, 0.25) is 5.15 Å². The van der Waals surface area contributed by atoms with Crippen molar-refractivity contribution in [1.82, 2.24) is 14.8 Å². The van der Waals surface area contributed by atoms with Crippen molar-refractivity contribution >= 4 is 29.1 Å². The monoisotopic (exact) mass is 279 g/mol. The Morgan fingerprint density at radius 1 is 1.42 bits per heavy atom. The standard InChI is InChI=1S/C12H14ClN5O/c1-3-14-11-7-8(6-9(13)15-11)12(19)16-10-4-5-18(2)17-10/h4-7H,3H2,1-2H3,(H,14,15)(H,16,17,19). The quantitative estimate of drug-likeness (QED) is 0.841. The zero-order chi connectivity index (χ0) is 13.8. The molecule has 2 aromatic heterocycles. The zero-order valence-electron chi connectivity index (χ0n) is 10.6. The predicted molar refractivity (Wildman–Crippen MR) is 74.6 cm³/mol. The molecule has 19 heavy (non-hydrogen) atoms. The lowest BCUT2D eigenvalue weighted by Crippen LogP contribution is -2.13. The maximum atomic E-state index is 12.1. The molecule has 0 saturated carbocycles. The number of aryl methyl sites for hydroxylation is 1. The maximum Gasteiger partial charge on any atom is 0.257 e. The number of hydrogen-bond acceptors (Lipinski definition) is 4. The molecule has 2 aromatic rings. The van der Waals surface area contributed by atoms with Crippen molar-refractivity contribution in [3.8, 4) is 0 Å². The lowest BCUT2D eigenvalue weighted by molar-refractivity contribution is 0.102. The van der Waals surface area contributed by atoms with Gasteiger partial charge in [0.2, 0.25) is 0 Å². The van der Waals surface area contributed by atoms with Gasteiger partial charge >= 0.3 is 0 Å². The largest absolute Gasteiger partial charge is 0.370 e. The van der Waals surface area contributed by atoms with E-state index in [2.05, 4.69) is 20.7 Å². The molecule has 0 aliphatic heterocycles. The minimum atomic E-state index is -0.276. The highest BCUT2D eigenvalue weighted by Crippen LogP contribution is 2.15. The van der Waals surface area contributed by atoms with Crippen molar-refractivity contribution in [2.45, 2.75) is 6.92 Å². The number of anilines is 2. The Morgan fingerprint density at radius 3 is 2.84 bits per heavy atom. The third-order valence-corrected chi connectivity index (χ3v) is 2.56. The third kappa shape index (κ3) is 3.45. The summed E-state index contributed by atoms with van der Waals surface area (Å²) in [5.74, 6) is 0.786. The van der Waals surface area contributed by atoms with Crippen LogP contribution in [0.15, 0.2) is 24.4 Å². The minimum Gasteiger partial charge on any atom is -0.370 e. The van der Waals surface area contributed by atoms with Gasteiger partial charge in [-0.05, 0) is 19.1 Å². The van der Waals surface area contributed by atoms with Crippen LogP contribution in [0.5, 0.6) is 0 Å². The molecule has 1 amide bonds. The van der Waals surface area contributed by atoms with Crippen molar-refractivity contribution in [2.24, 2.45) is 7.05 Å². The van der Waals surface area contributed by atoms with Crippen molar-refractivity contribution in [3.63, 3.8) is 0 Å². The van der Waals surface area contributed by atoms with Gasteiger partial charge in [0, 0.05) is 31.4 Å². The van der Waals surface area contributed by atoms with Gasteiger partial charge in [-0.25, -0.2) is 4.98 Å². The summed E-state index contributed by atoms with van der Waals surface area (Å²) in [4.78, 5) is 16.1. The molecule has 0 saturated heterocycles. The summed E-state index contributed by atoms with van der Waals surface area (Å²) in [7, 11) is 1.78. The van der Waals surface area contributed by atoms with E-state index >= 15 is 0 Å². The first-order valence-corrected chi connectivity index (χ1v) is 6.18. The summed E-state index contributed by atoms with van der Waals surface area (Å²) < 4.78 is 1.61. The number of pyridine rings is 1. The van der Waals surface area contributed by atoms with Crippen LogP contribution in [0.3, 0.4) is 0 Å². The Bertz CT molecular complexity index is 596. The van der Waals surface area contributed by atoms with Gasteiger partial charge < -0.3 is 10.6 Å². The van der Waals surface area contributed by atoms with Crippen LogP contribution in [0, 0.1) is 0 Å². The normalized spacial score (nSPS) is 10.3. The molecule has 100 valence electrons. The van der Waals surface area contributed by atoms with Crippen molar-refractivity contribution in [3.05, 3.63) is 35.1 Å². The van der Waals surface area contributed by atoms with E-state index in [1.165, 1.54) is 6.07 Å². The molecule has 0 atom stereocenters. The molecule has 2 heterocycles. The fraction of sp³-hybridized carbons (Fsp3) is 0.250. The third-order valence-electron chi connectivity index (χ3n) is 2.37. The lowest BCUT2D eigenvalue weighted by Gasteiger charge is -2.06.